The number of aliphatic hydroxyl groups excluding tert-OH is 1. The van der Waals surface area contributed by atoms with Gasteiger partial charge < -0.3 is 64.3 Å². The van der Waals surface area contributed by atoms with Crippen LogP contribution in [0.5, 0.6) is 5.75 Å². The van der Waals surface area contributed by atoms with Crippen LogP contribution >= 0.6 is 21.6 Å². The topological polar surface area (TPSA) is 326 Å². The second-order valence-electron chi connectivity index (χ2n) is 16.0. The smallest absolute Gasteiger partial charge is 0.244 e. The molecule has 0 bridgehead atoms. The zero-order valence-electron chi connectivity index (χ0n) is 36.4. The van der Waals surface area contributed by atoms with Crippen LogP contribution in [-0.2, 0) is 52.8 Å². The van der Waals surface area contributed by atoms with Gasteiger partial charge in [-0.05, 0) is 74.0 Å². The summed E-state index contributed by atoms with van der Waals surface area (Å²) in [6.45, 7) is 1.55. The highest BCUT2D eigenvalue weighted by Crippen LogP contribution is 2.25. The van der Waals surface area contributed by atoms with Crippen molar-refractivity contribution < 1.29 is 43.8 Å². The van der Waals surface area contributed by atoms with Gasteiger partial charge in [0.15, 0.2) is 0 Å². The van der Waals surface area contributed by atoms with Gasteiger partial charge in [0.1, 0.15) is 42.0 Å². The summed E-state index contributed by atoms with van der Waals surface area (Å²) in [4.78, 5) is 100. The number of fused-ring (bicyclic) bond motifs is 1. The molecule has 1 saturated heterocycles. The van der Waals surface area contributed by atoms with Crippen molar-refractivity contribution in [2.24, 2.45) is 17.2 Å². The van der Waals surface area contributed by atoms with Crippen molar-refractivity contribution in [1.82, 2.24) is 36.9 Å². The standard InChI is InChI=1S/C45H58N10O9S2/c1-25(56)38(39(48)58)55-45(64)37-24-66-65-23-36(53-40(59)31(47)19-26-9-3-2-4-10-26)44(63)51-34(20-27-14-16-29(57)17-15-27)42(61)52-35(21-28-22-49-32-12-6-5-11-30(28)32)43(62)50-33(41(60)54-37)13-7-8-18-46/h2-6,9-12,14-17,22,25,31,33-38,49,56-57H,7-8,13,18-21,23-24,46-47H2,1H3,(H2,48,58)(H,50,62)(H,51,63)(H,52,61)(H,53,59)(H,54,60)(H,55,64)/t25-,31-,33+,34+,35-,36+,37?,38+/m1/s1. The van der Waals surface area contributed by atoms with E-state index in [1.165, 1.54) is 19.1 Å². The van der Waals surface area contributed by atoms with Crippen molar-refractivity contribution >= 4 is 73.8 Å². The maximum Gasteiger partial charge on any atom is 0.244 e. The molecule has 0 spiro atoms. The van der Waals surface area contributed by atoms with Crippen LogP contribution in [0.3, 0.4) is 0 Å². The Morgan fingerprint density at radius 1 is 0.773 bits per heavy atom. The lowest BCUT2D eigenvalue weighted by Crippen LogP contribution is -2.61. The van der Waals surface area contributed by atoms with Gasteiger partial charge in [-0.3, -0.25) is 33.6 Å². The minimum atomic E-state index is -1.51. The molecule has 21 heteroatoms. The number of phenolic OH excluding ortho intramolecular Hbond substituents is 1. The zero-order chi connectivity index (χ0) is 47.8. The molecule has 66 heavy (non-hydrogen) atoms. The number of phenols is 1. The number of nitrogens with one attached hydrogen (secondary N) is 7. The second kappa shape index (κ2) is 25.0. The molecule has 4 aromatic rings. The highest BCUT2D eigenvalue weighted by molar-refractivity contribution is 8.76. The number of H-pyrrole nitrogens is 1. The Balaban J connectivity index is 1.54. The van der Waals surface area contributed by atoms with E-state index in [1.54, 1.807) is 42.6 Å². The Labute approximate surface area is 389 Å². The molecule has 0 saturated carbocycles. The minimum Gasteiger partial charge on any atom is -0.508 e. The highest BCUT2D eigenvalue weighted by atomic mass is 33.1. The Hall–Kier alpha value is -6.13. The van der Waals surface area contributed by atoms with Gasteiger partial charge in [0, 0.05) is 41.4 Å². The number of aromatic amines is 1. The maximum absolute atomic E-state index is 14.6. The molecular formula is C45H58N10O9S2. The van der Waals surface area contributed by atoms with Gasteiger partial charge in [-0.25, -0.2) is 0 Å². The summed E-state index contributed by atoms with van der Waals surface area (Å²) in [5.41, 5.74) is 20.3. The molecule has 15 N–H and O–H groups in total. The van der Waals surface area contributed by atoms with E-state index in [1.807, 2.05) is 30.3 Å². The number of benzene rings is 3. The van der Waals surface area contributed by atoms with Crippen molar-refractivity contribution in [1.29, 1.82) is 0 Å². The number of carbonyl (C=O) groups excluding carboxylic acids is 7. The van der Waals surface area contributed by atoms with Crippen molar-refractivity contribution in [3.05, 3.63) is 102 Å². The number of hydrogen-bond donors (Lipinski definition) is 12. The molecule has 1 aliphatic heterocycles. The van der Waals surface area contributed by atoms with E-state index in [0.717, 1.165) is 38.1 Å². The highest BCUT2D eigenvalue weighted by Gasteiger charge is 2.35. The first-order valence-electron chi connectivity index (χ1n) is 21.5. The van der Waals surface area contributed by atoms with Gasteiger partial charge in [0.25, 0.3) is 0 Å². The van der Waals surface area contributed by atoms with Crippen molar-refractivity contribution in [3.63, 3.8) is 0 Å². The van der Waals surface area contributed by atoms with Gasteiger partial charge in [-0.15, -0.1) is 0 Å². The molecule has 3 aromatic carbocycles. The fourth-order valence-electron chi connectivity index (χ4n) is 7.18. The summed E-state index contributed by atoms with van der Waals surface area (Å²) in [6.07, 6.45) is 1.27. The first kappa shape index (κ1) is 50.9. The molecular weight excluding hydrogens is 889 g/mol. The number of aromatic nitrogens is 1. The van der Waals surface area contributed by atoms with Crippen molar-refractivity contribution in [3.8, 4) is 5.75 Å². The van der Waals surface area contributed by atoms with E-state index in [2.05, 4.69) is 36.9 Å². The summed E-state index contributed by atoms with van der Waals surface area (Å²) in [6, 6.07) is 13.2. The Kier molecular flexibility index (Phi) is 19.2. The fraction of sp³-hybridized carbons (Fsp3) is 0.400. The third-order valence-corrected chi connectivity index (χ3v) is 13.3. The van der Waals surface area contributed by atoms with Crippen LogP contribution in [0, 0.1) is 0 Å². The molecule has 1 unspecified atom stereocenters. The molecule has 7 amide bonds. The van der Waals surface area contributed by atoms with Crippen LogP contribution in [0.1, 0.15) is 42.9 Å². The van der Waals surface area contributed by atoms with Gasteiger partial charge >= 0.3 is 0 Å². The van der Waals surface area contributed by atoms with E-state index in [-0.39, 0.29) is 42.9 Å². The Bertz CT molecular complexity index is 2300. The normalized spacial score (nSPS) is 21.5. The van der Waals surface area contributed by atoms with Crippen LogP contribution in [0.4, 0.5) is 0 Å². The van der Waals surface area contributed by atoms with Gasteiger partial charge in [-0.1, -0.05) is 82.3 Å². The molecule has 0 radical (unpaired) electrons. The number of unbranched alkanes of at least 4 members (excludes halogenated alkanes) is 1. The summed E-state index contributed by atoms with van der Waals surface area (Å²) in [7, 11) is 2.10. The summed E-state index contributed by atoms with van der Waals surface area (Å²) < 4.78 is 0. The average Bonchev–Trinajstić information content (AvgIpc) is 3.70. The zero-order valence-corrected chi connectivity index (χ0v) is 38.0. The molecule has 5 rings (SSSR count). The number of nitrogens with two attached hydrogens (primary N) is 3. The van der Waals surface area contributed by atoms with Gasteiger partial charge in [-0.2, -0.15) is 0 Å². The van der Waals surface area contributed by atoms with E-state index in [9.17, 15) is 43.8 Å². The Morgan fingerprint density at radius 3 is 2.08 bits per heavy atom. The van der Waals surface area contributed by atoms with Crippen molar-refractivity contribution in [2.75, 3.05) is 18.1 Å². The average molecular weight is 947 g/mol. The number of amides is 7. The quantitative estimate of drug-likeness (QED) is 0.0500. The van der Waals surface area contributed by atoms with Crippen LogP contribution in [0.2, 0.25) is 0 Å². The van der Waals surface area contributed by atoms with E-state index in [0.29, 0.717) is 30.5 Å². The monoisotopic (exact) mass is 946 g/mol. The third-order valence-electron chi connectivity index (χ3n) is 10.9. The van der Waals surface area contributed by atoms with Crippen LogP contribution in [-0.4, -0.2) is 123 Å². The molecule has 2 heterocycles. The number of aromatic hydroxyl groups is 1. The number of para-hydroxylation sites is 1. The second-order valence-corrected chi connectivity index (χ2v) is 18.6. The lowest BCUT2D eigenvalue weighted by Gasteiger charge is -2.27. The van der Waals surface area contributed by atoms with Gasteiger partial charge in [0.2, 0.25) is 41.4 Å². The van der Waals surface area contributed by atoms with Gasteiger partial charge in [0.05, 0.1) is 12.1 Å². The SMILES string of the molecule is C[C@@H](O)[C@H](NC(=O)C1CSSC[C@H](NC(=O)[C@H](N)Cc2ccccc2)C(=O)N[C@@H](Cc2ccc(O)cc2)C(=O)N[C@H](Cc2c[nH]c3ccccc23)C(=O)N[C@@H](CCCCN)C(=O)N1)C(N)=O. The maximum atomic E-state index is 14.6. The van der Waals surface area contributed by atoms with E-state index < -0.39 is 89.7 Å². The van der Waals surface area contributed by atoms with E-state index >= 15 is 0 Å². The number of rotatable bonds is 16. The first-order chi connectivity index (χ1) is 31.6. The summed E-state index contributed by atoms with van der Waals surface area (Å²) >= 11 is 0. The fourth-order valence-corrected chi connectivity index (χ4v) is 9.51. The number of primary amides is 1. The van der Waals surface area contributed by atoms with Crippen LogP contribution in [0.15, 0.2) is 85.1 Å². The van der Waals surface area contributed by atoms with E-state index in [4.69, 9.17) is 17.2 Å². The molecule has 19 nitrogen and oxygen atoms in total. The largest absolute Gasteiger partial charge is 0.508 e. The summed E-state index contributed by atoms with van der Waals surface area (Å²) in [5, 5.41) is 37.1. The van der Waals surface area contributed by atoms with Crippen molar-refractivity contribution in [2.45, 2.75) is 93.8 Å². The summed E-state index contributed by atoms with van der Waals surface area (Å²) in [5.74, 6) is -5.94. The lowest BCUT2D eigenvalue weighted by molar-refractivity contribution is -0.135. The molecule has 1 aliphatic rings. The molecule has 8 atom stereocenters. The first-order valence-corrected chi connectivity index (χ1v) is 24.0. The number of hydrogen-bond acceptors (Lipinski definition) is 13. The molecule has 0 aliphatic carbocycles. The third kappa shape index (κ3) is 15.0. The molecule has 354 valence electrons. The molecule has 1 aromatic heterocycles. The Morgan fingerprint density at radius 2 is 1.39 bits per heavy atom. The number of carbonyl (C=O) groups is 7. The van der Waals surface area contributed by atoms with Crippen LogP contribution < -0.4 is 49.1 Å². The lowest BCUT2D eigenvalue weighted by atomic mass is 10.0. The predicted octanol–water partition coefficient (Wildman–Crippen LogP) is -0.472. The van der Waals surface area contributed by atoms with Crippen LogP contribution in [0.25, 0.3) is 10.9 Å². The molecule has 1 fully saturated rings. The number of aliphatic hydroxyl groups is 1. The predicted molar refractivity (Wildman–Crippen MR) is 252 cm³/mol. The minimum absolute atomic E-state index is 0.0267.